The first-order valence-electron chi connectivity index (χ1n) is 6.13. The molecule has 0 aromatic carbocycles. The average molecular weight is 241 g/mol. The Hall–Kier alpha value is -1.14. The van der Waals surface area contributed by atoms with E-state index in [0.717, 1.165) is 26.1 Å². The fraction of sp³-hybridized carbons (Fsp3) is 0.818. The number of rotatable bonds is 2. The van der Waals surface area contributed by atoms with Crippen LogP contribution >= 0.6 is 0 Å². The lowest BCUT2D eigenvalue weighted by atomic mass is 10.1. The second-order valence-corrected chi connectivity index (χ2v) is 4.48. The van der Waals surface area contributed by atoms with Gasteiger partial charge in [-0.2, -0.15) is 0 Å². The molecule has 1 atom stereocenters. The molecule has 0 aromatic heterocycles. The van der Waals surface area contributed by atoms with Gasteiger partial charge in [0.1, 0.15) is 0 Å². The molecule has 17 heavy (non-hydrogen) atoms. The summed E-state index contributed by atoms with van der Waals surface area (Å²) in [5.41, 5.74) is 0. The Kier molecular flexibility index (Phi) is 4.33. The van der Waals surface area contributed by atoms with Crippen molar-refractivity contribution in [1.29, 1.82) is 0 Å². The van der Waals surface area contributed by atoms with Crippen LogP contribution in [0.5, 0.6) is 0 Å². The fourth-order valence-electron chi connectivity index (χ4n) is 2.07. The largest absolute Gasteiger partial charge is 0.381 e. The van der Waals surface area contributed by atoms with Crippen LogP contribution in [-0.2, 0) is 14.3 Å². The molecule has 2 heterocycles. The number of carbonyl (C=O) groups is 2. The molecule has 2 fully saturated rings. The van der Waals surface area contributed by atoms with Gasteiger partial charge in [0.15, 0.2) is 0 Å². The van der Waals surface area contributed by atoms with E-state index < -0.39 is 11.8 Å². The lowest BCUT2D eigenvalue weighted by Gasteiger charge is -2.26. The summed E-state index contributed by atoms with van der Waals surface area (Å²) >= 11 is 0. The zero-order chi connectivity index (χ0) is 12.1. The first-order valence-corrected chi connectivity index (χ1v) is 6.13. The fourth-order valence-corrected chi connectivity index (χ4v) is 2.07. The molecule has 2 aliphatic rings. The van der Waals surface area contributed by atoms with Gasteiger partial charge >= 0.3 is 11.8 Å². The normalized spacial score (nSPS) is 24.7. The van der Waals surface area contributed by atoms with Crippen molar-refractivity contribution in [2.24, 2.45) is 5.92 Å². The van der Waals surface area contributed by atoms with E-state index >= 15 is 0 Å². The number of nitrogens with zero attached hydrogens (tertiary/aromatic N) is 1. The second-order valence-electron chi connectivity index (χ2n) is 4.48. The van der Waals surface area contributed by atoms with Crippen LogP contribution in [-0.4, -0.2) is 62.7 Å². The van der Waals surface area contributed by atoms with Gasteiger partial charge in [-0.3, -0.25) is 9.59 Å². The molecule has 0 aromatic rings. The Morgan fingerprint density at radius 1 is 1.35 bits per heavy atom. The van der Waals surface area contributed by atoms with Crippen LogP contribution in [0.15, 0.2) is 0 Å². The van der Waals surface area contributed by atoms with Crippen LogP contribution in [0.25, 0.3) is 0 Å². The van der Waals surface area contributed by atoms with E-state index in [1.54, 1.807) is 4.90 Å². The van der Waals surface area contributed by atoms with Gasteiger partial charge in [-0.15, -0.1) is 0 Å². The zero-order valence-corrected chi connectivity index (χ0v) is 9.91. The number of piperazine rings is 1. The molecule has 0 bridgehead atoms. The van der Waals surface area contributed by atoms with E-state index in [4.69, 9.17) is 4.74 Å². The molecular weight excluding hydrogens is 222 g/mol. The number of ether oxygens (including phenoxy) is 1. The third kappa shape index (κ3) is 3.41. The van der Waals surface area contributed by atoms with Crippen molar-refractivity contribution in [3.8, 4) is 0 Å². The number of carbonyl (C=O) groups excluding carboxylic acids is 2. The smallest absolute Gasteiger partial charge is 0.311 e. The van der Waals surface area contributed by atoms with Gasteiger partial charge in [0.05, 0.1) is 6.61 Å². The van der Waals surface area contributed by atoms with Gasteiger partial charge in [0, 0.05) is 45.2 Å². The summed E-state index contributed by atoms with van der Waals surface area (Å²) in [5, 5.41) is 5.83. The van der Waals surface area contributed by atoms with Crippen molar-refractivity contribution in [2.75, 3.05) is 45.9 Å². The maximum atomic E-state index is 11.8. The minimum atomic E-state index is -0.487. The Bertz CT molecular complexity index is 284. The Balaban J connectivity index is 1.72. The van der Waals surface area contributed by atoms with Crippen molar-refractivity contribution >= 4 is 11.8 Å². The first-order chi connectivity index (χ1) is 8.27. The highest BCUT2D eigenvalue weighted by molar-refractivity contribution is 6.35. The van der Waals surface area contributed by atoms with E-state index in [1.165, 1.54) is 0 Å². The Morgan fingerprint density at radius 2 is 2.12 bits per heavy atom. The molecule has 0 spiro atoms. The highest BCUT2D eigenvalue weighted by Crippen LogP contribution is 2.10. The van der Waals surface area contributed by atoms with Gasteiger partial charge in [-0.25, -0.2) is 0 Å². The number of amides is 2. The highest BCUT2D eigenvalue weighted by Gasteiger charge is 2.24. The summed E-state index contributed by atoms with van der Waals surface area (Å²) in [4.78, 5) is 25.0. The molecule has 0 radical (unpaired) electrons. The van der Waals surface area contributed by atoms with Crippen LogP contribution in [0, 0.1) is 5.92 Å². The highest BCUT2D eigenvalue weighted by atomic mass is 16.5. The molecule has 0 saturated carbocycles. The van der Waals surface area contributed by atoms with Gasteiger partial charge in [-0.05, 0) is 6.42 Å². The summed E-state index contributed by atoms with van der Waals surface area (Å²) < 4.78 is 5.21. The molecule has 96 valence electrons. The van der Waals surface area contributed by atoms with Gasteiger partial charge in [0.25, 0.3) is 0 Å². The van der Waals surface area contributed by atoms with E-state index in [0.29, 0.717) is 32.2 Å². The lowest BCUT2D eigenvalue weighted by molar-refractivity contribution is -0.146. The minimum Gasteiger partial charge on any atom is -0.381 e. The van der Waals surface area contributed by atoms with Crippen LogP contribution in [0.4, 0.5) is 0 Å². The van der Waals surface area contributed by atoms with E-state index in [1.807, 2.05) is 0 Å². The molecule has 2 saturated heterocycles. The van der Waals surface area contributed by atoms with Crippen molar-refractivity contribution in [2.45, 2.75) is 6.42 Å². The summed E-state index contributed by atoms with van der Waals surface area (Å²) in [6.07, 6.45) is 0.960. The monoisotopic (exact) mass is 241 g/mol. The third-order valence-electron chi connectivity index (χ3n) is 3.17. The number of hydrogen-bond donors (Lipinski definition) is 2. The Morgan fingerprint density at radius 3 is 2.76 bits per heavy atom. The van der Waals surface area contributed by atoms with Crippen molar-refractivity contribution in [3.05, 3.63) is 0 Å². The quantitative estimate of drug-likeness (QED) is 0.582. The van der Waals surface area contributed by atoms with Crippen LogP contribution in [0.1, 0.15) is 6.42 Å². The van der Waals surface area contributed by atoms with Crippen LogP contribution < -0.4 is 10.6 Å². The molecule has 2 aliphatic heterocycles. The lowest BCUT2D eigenvalue weighted by Crippen LogP contribution is -2.51. The third-order valence-corrected chi connectivity index (χ3v) is 3.17. The molecule has 2 amide bonds. The summed E-state index contributed by atoms with van der Waals surface area (Å²) in [6.45, 7) is 4.72. The van der Waals surface area contributed by atoms with Crippen molar-refractivity contribution < 1.29 is 14.3 Å². The van der Waals surface area contributed by atoms with Crippen LogP contribution in [0.2, 0.25) is 0 Å². The Labute approximate surface area is 101 Å². The van der Waals surface area contributed by atoms with Gasteiger partial charge in [0.2, 0.25) is 0 Å². The first kappa shape index (κ1) is 12.3. The molecule has 2 rings (SSSR count). The van der Waals surface area contributed by atoms with Gasteiger partial charge in [-0.1, -0.05) is 0 Å². The molecule has 0 aliphatic carbocycles. The maximum absolute atomic E-state index is 11.8. The molecular formula is C11H19N3O3. The summed E-state index contributed by atoms with van der Waals surface area (Å²) in [6, 6.07) is 0. The molecule has 6 nitrogen and oxygen atoms in total. The topological polar surface area (TPSA) is 70.7 Å². The molecule has 1 unspecified atom stereocenters. The SMILES string of the molecule is O=C(NCC1CCOC1)C(=O)N1CCNCC1. The summed E-state index contributed by atoms with van der Waals surface area (Å²) in [7, 11) is 0. The van der Waals surface area contributed by atoms with Crippen LogP contribution in [0.3, 0.4) is 0 Å². The zero-order valence-electron chi connectivity index (χ0n) is 9.91. The standard InChI is InChI=1S/C11H19N3O3/c15-10(13-7-9-1-6-17-8-9)11(16)14-4-2-12-3-5-14/h9,12H,1-8H2,(H,13,15). The van der Waals surface area contributed by atoms with Crippen molar-refractivity contribution in [1.82, 2.24) is 15.5 Å². The molecule has 2 N–H and O–H groups in total. The molecule has 6 heteroatoms. The van der Waals surface area contributed by atoms with E-state index in [2.05, 4.69) is 10.6 Å². The average Bonchev–Trinajstić information content (AvgIpc) is 2.89. The van der Waals surface area contributed by atoms with Gasteiger partial charge < -0.3 is 20.3 Å². The number of nitrogens with one attached hydrogen (secondary N) is 2. The maximum Gasteiger partial charge on any atom is 0.311 e. The predicted molar refractivity (Wildman–Crippen MR) is 61.4 cm³/mol. The van der Waals surface area contributed by atoms with E-state index in [-0.39, 0.29) is 0 Å². The predicted octanol–water partition coefficient (Wildman–Crippen LogP) is -1.43. The minimum absolute atomic E-state index is 0.356. The second kappa shape index (κ2) is 5.97. The van der Waals surface area contributed by atoms with E-state index in [9.17, 15) is 9.59 Å². The summed E-state index contributed by atoms with van der Waals surface area (Å²) in [5.74, 6) is -0.543. The van der Waals surface area contributed by atoms with Crippen molar-refractivity contribution in [3.63, 3.8) is 0 Å². The number of hydrogen-bond acceptors (Lipinski definition) is 4.